The Bertz CT molecular complexity index is 889. The second-order valence-corrected chi connectivity index (χ2v) is 6.80. The molecule has 0 aliphatic carbocycles. The molecule has 0 saturated carbocycles. The maximum atomic E-state index is 13.2. The molecule has 1 N–H and O–H groups in total. The van der Waals surface area contributed by atoms with E-state index in [4.69, 9.17) is 11.6 Å². The Labute approximate surface area is 152 Å². The molecule has 0 aliphatic heterocycles. The number of thioether (sulfide) groups is 1. The van der Waals surface area contributed by atoms with E-state index in [9.17, 15) is 9.18 Å². The summed E-state index contributed by atoms with van der Waals surface area (Å²) < 4.78 is 14.7. The van der Waals surface area contributed by atoms with Crippen molar-refractivity contribution in [1.29, 1.82) is 0 Å². The van der Waals surface area contributed by atoms with Crippen LogP contribution in [0.3, 0.4) is 0 Å². The highest BCUT2D eigenvalue weighted by Gasteiger charge is 2.19. The standard InChI is InChI=1S/C16H13ClFN5OS/c1-10(15(24)19-11-7-8-14(18)13(17)9-11)25-16-20-21-22-23(16)12-5-3-2-4-6-12/h2-10H,1H3,(H,19,24). The predicted octanol–water partition coefficient (Wildman–Crippen LogP) is 3.57. The average molecular weight is 378 g/mol. The lowest BCUT2D eigenvalue weighted by Crippen LogP contribution is -2.23. The summed E-state index contributed by atoms with van der Waals surface area (Å²) in [5, 5.41) is 14.2. The SMILES string of the molecule is CC(Sc1nnnn1-c1ccccc1)C(=O)Nc1ccc(F)c(Cl)c1. The number of carbonyl (C=O) groups excluding carboxylic acids is 1. The van der Waals surface area contributed by atoms with Crippen LogP contribution in [0.1, 0.15) is 6.92 Å². The van der Waals surface area contributed by atoms with Crippen LogP contribution in [0.5, 0.6) is 0 Å². The number of nitrogens with zero attached hydrogens (tertiary/aromatic N) is 4. The third-order valence-corrected chi connectivity index (χ3v) is 4.60. The number of rotatable bonds is 5. The van der Waals surface area contributed by atoms with E-state index in [1.165, 1.54) is 30.0 Å². The van der Waals surface area contributed by atoms with Crippen molar-refractivity contribution in [2.45, 2.75) is 17.3 Å². The summed E-state index contributed by atoms with van der Waals surface area (Å²) in [5.41, 5.74) is 1.22. The van der Waals surface area contributed by atoms with Crippen molar-refractivity contribution in [2.24, 2.45) is 0 Å². The topological polar surface area (TPSA) is 72.7 Å². The van der Waals surface area contributed by atoms with Crippen LogP contribution < -0.4 is 5.32 Å². The molecule has 1 atom stereocenters. The van der Waals surface area contributed by atoms with E-state index in [1.54, 1.807) is 11.6 Å². The van der Waals surface area contributed by atoms with Gasteiger partial charge in [0.15, 0.2) is 0 Å². The fourth-order valence-electron chi connectivity index (χ4n) is 2.01. The van der Waals surface area contributed by atoms with Gasteiger partial charge in [0, 0.05) is 5.69 Å². The first-order valence-corrected chi connectivity index (χ1v) is 8.57. The van der Waals surface area contributed by atoms with E-state index in [0.717, 1.165) is 5.69 Å². The lowest BCUT2D eigenvalue weighted by atomic mass is 10.3. The number of halogens is 2. The maximum absolute atomic E-state index is 13.2. The normalized spacial score (nSPS) is 12.0. The van der Waals surface area contributed by atoms with E-state index in [1.807, 2.05) is 30.3 Å². The highest BCUT2D eigenvalue weighted by atomic mass is 35.5. The molecule has 3 aromatic rings. The van der Waals surface area contributed by atoms with Gasteiger partial charge in [-0.1, -0.05) is 41.6 Å². The minimum absolute atomic E-state index is 0.0499. The van der Waals surface area contributed by atoms with Crippen LogP contribution in [0.25, 0.3) is 5.69 Å². The number of hydrogen-bond acceptors (Lipinski definition) is 5. The fourth-order valence-corrected chi connectivity index (χ4v) is 3.00. The van der Waals surface area contributed by atoms with Gasteiger partial charge in [-0.3, -0.25) is 4.79 Å². The first-order chi connectivity index (χ1) is 12.0. The highest BCUT2D eigenvalue weighted by molar-refractivity contribution is 8.00. The smallest absolute Gasteiger partial charge is 0.237 e. The Hall–Kier alpha value is -2.45. The molecule has 128 valence electrons. The van der Waals surface area contributed by atoms with Crippen molar-refractivity contribution < 1.29 is 9.18 Å². The number of amides is 1. The molecule has 0 fully saturated rings. The summed E-state index contributed by atoms with van der Waals surface area (Å²) in [7, 11) is 0. The Morgan fingerprint density at radius 2 is 2.04 bits per heavy atom. The molecule has 0 saturated heterocycles. The number of anilines is 1. The Kier molecular flexibility index (Phi) is 5.30. The van der Waals surface area contributed by atoms with Gasteiger partial charge in [0.05, 0.1) is 16.0 Å². The Morgan fingerprint density at radius 1 is 1.28 bits per heavy atom. The van der Waals surface area contributed by atoms with Crippen LogP contribution in [0, 0.1) is 5.82 Å². The third-order valence-electron chi connectivity index (χ3n) is 3.28. The molecule has 0 aliphatic rings. The van der Waals surface area contributed by atoms with Gasteiger partial charge in [-0.2, -0.15) is 4.68 Å². The van der Waals surface area contributed by atoms with Crippen LogP contribution in [-0.2, 0) is 4.79 Å². The molecular formula is C16H13ClFN5OS. The summed E-state index contributed by atoms with van der Waals surface area (Å²) in [6, 6.07) is 13.4. The van der Waals surface area contributed by atoms with Crippen molar-refractivity contribution in [3.05, 3.63) is 59.4 Å². The summed E-state index contributed by atoms with van der Waals surface area (Å²) in [6.07, 6.45) is 0. The quantitative estimate of drug-likeness (QED) is 0.688. The van der Waals surface area contributed by atoms with Crippen LogP contribution in [0.15, 0.2) is 53.7 Å². The van der Waals surface area contributed by atoms with Gasteiger partial charge in [-0.15, -0.1) is 5.10 Å². The number of aromatic nitrogens is 4. The molecule has 3 rings (SSSR count). The summed E-state index contributed by atoms with van der Waals surface area (Å²) in [4.78, 5) is 12.3. The van der Waals surface area contributed by atoms with E-state index >= 15 is 0 Å². The second-order valence-electron chi connectivity index (χ2n) is 5.09. The molecule has 0 radical (unpaired) electrons. The minimum Gasteiger partial charge on any atom is -0.325 e. The zero-order chi connectivity index (χ0) is 17.8. The van der Waals surface area contributed by atoms with Gasteiger partial charge in [-0.25, -0.2) is 4.39 Å². The first kappa shape index (κ1) is 17.4. The van der Waals surface area contributed by atoms with E-state index in [0.29, 0.717) is 10.8 Å². The maximum Gasteiger partial charge on any atom is 0.237 e. The third kappa shape index (κ3) is 4.15. The van der Waals surface area contributed by atoms with Crippen molar-refractivity contribution in [1.82, 2.24) is 20.2 Å². The summed E-state index contributed by atoms with van der Waals surface area (Å²) >= 11 is 6.93. The largest absolute Gasteiger partial charge is 0.325 e. The van der Waals surface area contributed by atoms with Gasteiger partial charge in [0.1, 0.15) is 5.82 Å². The van der Waals surface area contributed by atoms with Gasteiger partial charge >= 0.3 is 0 Å². The predicted molar refractivity (Wildman–Crippen MR) is 94.5 cm³/mol. The molecule has 25 heavy (non-hydrogen) atoms. The minimum atomic E-state index is -0.538. The summed E-state index contributed by atoms with van der Waals surface area (Å²) in [6.45, 7) is 1.73. The molecule has 6 nitrogen and oxygen atoms in total. The molecular weight excluding hydrogens is 365 g/mol. The van der Waals surface area contributed by atoms with Gasteiger partial charge in [-0.05, 0) is 47.7 Å². The fraction of sp³-hybridized carbons (Fsp3) is 0.125. The average Bonchev–Trinajstić information content (AvgIpc) is 3.07. The second kappa shape index (κ2) is 7.62. The Morgan fingerprint density at radius 3 is 2.76 bits per heavy atom. The van der Waals surface area contributed by atoms with Crippen LogP contribution >= 0.6 is 23.4 Å². The summed E-state index contributed by atoms with van der Waals surface area (Å²) in [5.74, 6) is -0.806. The van der Waals surface area contributed by atoms with Gasteiger partial charge in [0.25, 0.3) is 0 Å². The van der Waals surface area contributed by atoms with Gasteiger partial charge in [0.2, 0.25) is 11.1 Å². The zero-order valence-electron chi connectivity index (χ0n) is 13.1. The van der Waals surface area contributed by atoms with Crippen LogP contribution in [-0.4, -0.2) is 31.4 Å². The molecule has 9 heteroatoms. The van der Waals surface area contributed by atoms with Gasteiger partial charge < -0.3 is 5.32 Å². The van der Waals surface area contributed by atoms with Crippen LogP contribution in [0.4, 0.5) is 10.1 Å². The first-order valence-electron chi connectivity index (χ1n) is 7.31. The van der Waals surface area contributed by atoms with E-state index in [2.05, 4.69) is 20.8 Å². The zero-order valence-corrected chi connectivity index (χ0v) is 14.6. The number of hydrogen-bond donors (Lipinski definition) is 1. The lowest BCUT2D eigenvalue weighted by Gasteiger charge is -2.12. The molecule has 1 amide bonds. The van der Waals surface area contributed by atoms with E-state index < -0.39 is 11.1 Å². The van der Waals surface area contributed by atoms with Crippen LogP contribution in [0.2, 0.25) is 5.02 Å². The number of carbonyl (C=O) groups is 1. The number of benzene rings is 2. The molecule has 0 spiro atoms. The molecule has 2 aromatic carbocycles. The van der Waals surface area contributed by atoms with Crippen molar-refractivity contribution >= 4 is 35.0 Å². The number of nitrogens with one attached hydrogen (secondary N) is 1. The lowest BCUT2D eigenvalue weighted by molar-refractivity contribution is -0.115. The number of para-hydroxylation sites is 1. The highest BCUT2D eigenvalue weighted by Crippen LogP contribution is 2.25. The molecule has 1 aromatic heterocycles. The molecule has 1 heterocycles. The Balaban J connectivity index is 1.70. The molecule has 0 bridgehead atoms. The van der Waals surface area contributed by atoms with E-state index in [-0.39, 0.29) is 10.9 Å². The van der Waals surface area contributed by atoms with Crippen molar-refractivity contribution in [3.8, 4) is 5.69 Å². The molecule has 1 unspecified atom stereocenters. The monoisotopic (exact) mass is 377 g/mol. The van der Waals surface area contributed by atoms with Crippen molar-refractivity contribution in [3.63, 3.8) is 0 Å². The number of tetrazole rings is 1. The van der Waals surface area contributed by atoms with Crippen molar-refractivity contribution in [2.75, 3.05) is 5.32 Å².